The lowest BCUT2D eigenvalue weighted by Crippen LogP contribution is -2.36. The van der Waals surface area contributed by atoms with Gasteiger partial charge in [0.2, 0.25) is 5.91 Å². The van der Waals surface area contributed by atoms with Crippen molar-refractivity contribution in [1.29, 1.82) is 0 Å². The van der Waals surface area contributed by atoms with Gasteiger partial charge in [-0.3, -0.25) is 10.1 Å². The highest BCUT2D eigenvalue weighted by Crippen LogP contribution is 2.18. The van der Waals surface area contributed by atoms with Gasteiger partial charge in [0.15, 0.2) is 0 Å². The molecule has 3 amide bonds. The summed E-state index contributed by atoms with van der Waals surface area (Å²) in [7, 11) is 0. The van der Waals surface area contributed by atoms with Crippen molar-refractivity contribution in [2.75, 3.05) is 12.3 Å². The second kappa shape index (κ2) is 8.60. The first kappa shape index (κ1) is 16.5. The van der Waals surface area contributed by atoms with Crippen LogP contribution >= 0.6 is 11.8 Å². The lowest BCUT2D eigenvalue weighted by atomic mass is 10.2. The lowest BCUT2D eigenvalue weighted by molar-refractivity contribution is -0.117. The fourth-order valence-corrected chi connectivity index (χ4v) is 2.35. The number of primary amides is 1. The van der Waals surface area contributed by atoms with Crippen LogP contribution in [0.3, 0.4) is 0 Å². The number of nitrogens with one attached hydrogen (secondary N) is 2. The summed E-state index contributed by atoms with van der Waals surface area (Å²) in [5, 5.41) is 5.41. The average Bonchev–Trinajstić information content (AvgIpc) is 2.36. The summed E-state index contributed by atoms with van der Waals surface area (Å²) >= 11 is 1.38. The van der Waals surface area contributed by atoms with E-state index >= 15 is 0 Å². The van der Waals surface area contributed by atoms with Gasteiger partial charge in [-0.1, -0.05) is 26.0 Å². The van der Waals surface area contributed by atoms with E-state index in [1.54, 1.807) is 0 Å². The molecule has 1 aromatic carbocycles. The second-order valence-electron chi connectivity index (χ2n) is 4.87. The fourth-order valence-electron chi connectivity index (χ4n) is 1.57. The number of rotatable bonds is 7. The number of nitrogens with two attached hydrogens (primary N) is 1. The van der Waals surface area contributed by atoms with Crippen molar-refractivity contribution in [2.24, 2.45) is 11.7 Å². The molecule has 4 N–H and O–H groups in total. The summed E-state index contributed by atoms with van der Waals surface area (Å²) in [5.74, 6) is 0.405. The highest BCUT2D eigenvalue weighted by Gasteiger charge is 2.05. The van der Waals surface area contributed by atoms with Gasteiger partial charge in [0, 0.05) is 11.4 Å². The van der Waals surface area contributed by atoms with E-state index in [4.69, 9.17) is 5.73 Å². The van der Waals surface area contributed by atoms with Crippen molar-refractivity contribution >= 4 is 23.7 Å². The van der Waals surface area contributed by atoms with Crippen molar-refractivity contribution in [1.82, 2.24) is 10.6 Å². The molecule has 0 aliphatic rings. The number of carbonyl (C=O) groups is 2. The molecule has 0 radical (unpaired) electrons. The molecule has 0 bridgehead atoms. The Hall–Kier alpha value is -1.53. The fraction of sp³-hybridized carbons (Fsp3) is 0.429. The zero-order valence-electron chi connectivity index (χ0n) is 11.8. The summed E-state index contributed by atoms with van der Waals surface area (Å²) in [5.41, 5.74) is 6.05. The predicted molar refractivity (Wildman–Crippen MR) is 81.4 cm³/mol. The summed E-state index contributed by atoms with van der Waals surface area (Å²) in [6.07, 6.45) is 0. The van der Waals surface area contributed by atoms with E-state index < -0.39 is 6.03 Å². The molecule has 6 heteroatoms. The summed E-state index contributed by atoms with van der Waals surface area (Å²) < 4.78 is 0. The van der Waals surface area contributed by atoms with Crippen LogP contribution in [-0.4, -0.2) is 24.2 Å². The van der Waals surface area contributed by atoms with Gasteiger partial charge in [-0.05, 0) is 30.2 Å². The zero-order valence-corrected chi connectivity index (χ0v) is 12.6. The third-order valence-corrected chi connectivity index (χ3v) is 3.41. The average molecular weight is 295 g/mol. The highest BCUT2D eigenvalue weighted by molar-refractivity contribution is 8.00. The van der Waals surface area contributed by atoms with Crippen LogP contribution in [-0.2, 0) is 11.3 Å². The van der Waals surface area contributed by atoms with E-state index in [1.807, 2.05) is 29.6 Å². The molecule has 0 saturated heterocycles. The first-order valence-corrected chi connectivity index (χ1v) is 7.47. The Labute approximate surface area is 123 Å². The minimum absolute atomic E-state index is 0.172. The van der Waals surface area contributed by atoms with E-state index in [2.05, 4.69) is 19.2 Å². The monoisotopic (exact) mass is 295 g/mol. The van der Waals surface area contributed by atoms with Crippen LogP contribution in [0, 0.1) is 5.92 Å². The molecule has 1 rings (SSSR count). The number of hydrogen-bond acceptors (Lipinski definition) is 4. The van der Waals surface area contributed by atoms with Crippen LogP contribution in [0.2, 0.25) is 0 Å². The first-order valence-electron chi connectivity index (χ1n) is 6.49. The molecule has 0 atom stereocenters. The Morgan fingerprint density at radius 3 is 2.75 bits per heavy atom. The van der Waals surface area contributed by atoms with Crippen LogP contribution in [0.5, 0.6) is 0 Å². The van der Waals surface area contributed by atoms with E-state index in [0.717, 1.165) is 18.0 Å². The molecule has 110 valence electrons. The molecule has 0 aromatic heterocycles. The van der Waals surface area contributed by atoms with Gasteiger partial charge < -0.3 is 11.1 Å². The number of amides is 3. The number of imide groups is 1. The number of carbonyl (C=O) groups excluding carboxylic acids is 2. The molecule has 20 heavy (non-hydrogen) atoms. The molecule has 0 aliphatic carbocycles. The van der Waals surface area contributed by atoms with Gasteiger partial charge in [0.25, 0.3) is 0 Å². The summed E-state index contributed by atoms with van der Waals surface area (Å²) in [6.45, 7) is 6.10. The number of urea groups is 1. The van der Waals surface area contributed by atoms with Gasteiger partial charge in [0.1, 0.15) is 0 Å². The van der Waals surface area contributed by atoms with Gasteiger partial charge in [-0.25, -0.2) is 4.79 Å². The summed E-state index contributed by atoms with van der Waals surface area (Å²) in [6, 6.07) is 7.16. The Morgan fingerprint density at radius 1 is 1.35 bits per heavy atom. The molecule has 0 spiro atoms. The van der Waals surface area contributed by atoms with Gasteiger partial charge >= 0.3 is 6.03 Å². The molecule has 0 heterocycles. The molecular formula is C14H21N3O2S. The van der Waals surface area contributed by atoms with E-state index in [1.165, 1.54) is 17.3 Å². The number of benzene rings is 1. The topological polar surface area (TPSA) is 84.2 Å². The third kappa shape index (κ3) is 7.16. The lowest BCUT2D eigenvalue weighted by Gasteiger charge is -2.08. The van der Waals surface area contributed by atoms with Crippen molar-refractivity contribution in [2.45, 2.75) is 25.3 Å². The Balaban J connectivity index is 2.43. The second-order valence-corrected chi connectivity index (χ2v) is 5.92. The van der Waals surface area contributed by atoms with Crippen LogP contribution in [0.1, 0.15) is 19.4 Å². The highest BCUT2D eigenvalue weighted by atomic mass is 32.2. The number of thioether (sulfide) groups is 1. The molecule has 0 saturated carbocycles. The first-order chi connectivity index (χ1) is 9.47. The largest absolute Gasteiger partial charge is 0.351 e. The van der Waals surface area contributed by atoms with E-state index in [9.17, 15) is 9.59 Å². The third-order valence-electron chi connectivity index (χ3n) is 2.41. The quantitative estimate of drug-likeness (QED) is 0.669. The predicted octanol–water partition coefficient (Wildman–Crippen LogP) is 1.72. The normalized spacial score (nSPS) is 10.6. The van der Waals surface area contributed by atoms with Crippen LogP contribution in [0.4, 0.5) is 4.79 Å². The maximum Gasteiger partial charge on any atom is 0.318 e. The van der Waals surface area contributed by atoms with Gasteiger partial charge in [0.05, 0.1) is 5.75 Å². The Morgan fingerprint density at radius 2 is 2.10 bits per heavy atom. The van der Waals surface area contributed by atoms with Crippen LogP contribution < -0.4 is 16.4 Å². The van der Waals surface area contributed by atoms with E-state index in [0.29, 0.717) is 5.92 Å². The molecule has 0 unspecified atom stereocenters. The molecule has 0 fully saturated rings. The van der Waals surface area contributed by atoms with Crippen molar-refractivity contribution in [3.05, 3.63) is 29.8 Å². The molecule has 0 aliphatic heterocycles. The van der Waals surface area contributed by atoms with Crippen LogP contribution in [0.15, 0.2) is 29.2 Å². The SMILES string of the molecule is CC(C)CNCc1cccc(SCC(=O)NC(N)=O)c1. The van der Waals surface area contributed by atoms with Gasteiger partial charge in [-0.2, -0.15) is 0 Å². The minimum atomic E-state index is -0.817. The van der Waals surface area contributed by atoms with Crippen molar-refractivity contribution in [3.63, 3.8) is 0 Å². The summed E-state index contributed by atoms with van der Waals surface area (Å²) in [4.78, 5) is 22.8. The minimum Gasteiger partial charge on any atom is -0.351 e. The molecule has 5 nitrogen and oxygen atoms in total. The number of hydrogen-bond donors (Lipinski definition) is 3. The van der Waals surface area contributed by atoms with E-state index in [-0.39, 0.29) is 11.7 Å². The zero-order chi connectivity index (χ0) is 15.0. The van der Waals surface area contributed by atoms with Gasteiger partial charge in [-0.15, -0.1) is 11.8 Å². The van der Waals surface area contributed by atoms with Crippen LogP contribution in [0.25, 0.3) is 0 Å². The Kier molecular flexibility index (Phi) is 7.11. The Bertz CT molecular complexity index is 463. The molecule has 1 aromatic rings. The standard InChI is InChI=1S/C14H21N3O2S/c1-10(2)7-16-8-11-4-3-5-12(6-11)20-9-13(18)17-14(15)19/h3-6,10,16H,7-9H2,1-2H3,(H3,15,17,18,19). The maximum atomic E-state index is 11.3. The maximum absolute atomic E-state index is 11.3. The molecular weight excluding hydrogens is 274 g/mol. The smallest absolute Gasteiger partial charge is 0.318 e. The van der Waals surface area contributed by atoms with Crippen molar-refractivity contribution in [3.8, 4) is 0 Å². The van der Waals surface area contributed by atoms with Crippen molar-refractivity contribution < 1.29 is 9.59 Å².